The summed E-state index contributed by atoms with van der Waals surface area (Å²) in [5, 5.41) is 5.10. The van der Waals surface area contributed by atoms with Gasteiger partial charge in [-0.3, -0.25) is 4.79 Å². The average Bonchev–Trinajstić information content (AvgIpc) is 2.76. The fraction of sp³-hybridized carbons (Fsp3) is 0.455. The monoisotopic (exact) mass is 434 g/mol. The highest BCUT2D eigenvalue weighted by molar-refractivity contribution is 5.90. The van der Waals surface area contributed by atoms with E-state index in [-0.39, 0.29) is 18.9 Å². The maximum Gasteiger partial charge on any atom is 0.408 e. The van der Waals surface area contributed by atoms with Gasteiger partial charge in [-0.2, -0.15) is 0 Å². The second-order valence-electron chi connectivity index (χ2n) is 7.13. The molecule has 0 saturated carbocycles. The molecule has 0 bridgehead atoms. The van der Waals surface area contributed by atoms with Crippen LogP contribution in [0.2, 0.25) is 0 Å². The lowest BCUT2D eigenvalue weighted by Crippen LogP contribution is -2.52. The standard InChI is InChI=1S/C22H30N2O7/c1-15(2)13-18(24-22(28)31-14-16-9-6-5-7-10-16)20(26)23-17(21(27)30-4)11-8-12-19(25)29-3/h5-10,12,15,17-18H,11,13-14H2,1-4H3,(H,23,26)(H,24,28)/b12-8+/t17-,18+/m1/s1. The molecule has 9 heteroatoms. The predicted molar refractivity (Wildman–Crippen MR) is 113 cm³/mol. The molecule has 9 nitrogen and oxygen atoms in total. The summed E-state index contributed by atoms with van der Waals surface area (Å²) in [7, 11) is 2.42. The number of methoxy groups -OCH3 is 2. The van der Waals surface area contributed by atoms with Crippen LogP contribution in [0.5, 0.6) is 0 Å². The molecule has 170 valence electrons. The number of esters is 2. The quantitative estimate of drug-likeness (QED) is 0.311. The van der Waals surface area contributed by atoms with Gasteiger partial charge >= 0.3 is 18.0 Å². The number of ether oxygens (including phenoxy) is 3. The number of carbonyl (C=O) groups excluding carboxylic acids is 4. The minimum atomic E-state index is -1.03. The molecular formula is C22H30N2O7. The van der Waals surface area contributed by atoms with Crippen molar-refractivity contribution in [2.45, 2.75) is 45.4 Å². The van der Waals surface area contributed by atoms with Crippen molar-refractivity contribution >= 4 is 23.9 Å². The molecule has 1 aromatic rings. The maximum absolute atomic E-state index is 12.8. The first-order valence-electron chi connectivity index (χ1n) is 9.86. The Hall–Kier alpha value is -3.36. The van der Waals surface area contributed by atoms with Crippen LogP contribution in [0.15, 0.2) is 42.5 Å². The van der Waals surface area contributed by atoms with E-state index in [1.807, 2.05) is 44.2 Å². The normalized spacial score (nSPS) is 12.7. The van der Waals surface area contributed by atoms with Gasteiger partial charge in [-0.15, -0.1) is 0 Å². The van der Waals surface area contributed by atoms with Crippen molar-refractivity contribution < 1.29 is 33.4 Å². The van der Waals surface area contributed by atoms with E-state index in [0.717, 1.165) is 11.6 Å². The number of carbonyl (C=O) groups is 4. The number of hydrogen-bond acceptors (Lipinski definition) is 7. The lowest BCUT2D eigenvalue weighted by atomic mass is 10.0. The van der Waals surface area contributed by atoms with Gasteiger partial charge in [0, 0.05) is 6.08 Å². The molecule has 0 aliphatic rings. The molecule has 31 heavy (non-hydrogen) atoms. The molecule has 0 fully saturated rings. The summed E-state index contributed by atoms with van der Waals surface area (Å²) >= 11 is 0. The van der Waals surface area contributed by atoms with Crippen molar-refractivity contribution in [3.63, 3.8) is 0 Å². The van der Waals surface area contributed by atoms with Gasteiger partial charge in [0.15, 0.2) is 0 Å². The fourth-order valence-corrected chi connectivity index (χ4v) is 2.61. The first-order chi connectivity index (χ1) is 14.8. The summed E-state index contributed by atoms with van der Waals surface area (Å²) in [5.41, 5.74) is 0.811. The van der Waals surface area contributed by atoms with Crippen LogP contribution in [0.3, 0.4) is 0 Å². The molecule has 0 saturated heterocycles. The molecule has 0 heterocycles. The van der Waals surface area contributed by atoms with Crippen LogP contribution in [-0.2, 0) is 35.2 Å². The minimum absolute atomic E-state index is 0.0143. The van der Waals surface area contributed by atoms with Crippen LogP contribution in [0.1, 0.15) is 32.3 Å². The van der Waals surface area contributed by atoms with Crippen molar-refractivity contribution in [1.82, 2.24) is 10.6 Å². The summed E-state index contributed by atoms with van der Waals surface area (Å²) in [6.07, 6.45) is 2.14. The molecule has 0 aliphatic heterocycles. The molecule has 0 spiro atoms. The Bertz CT molecular complexity index is 762. The zero-order valence-electron chi connectivity index (χ0n) is 18.3. The summed E-state index contributed by atoms with van der Waals surface area (Å²) in [5.74, 6) is -1.75. The number of nitrogens with one attached hydrogen (secondary N) is 2. The van der Waals surface area contributed by atoms with Gasteiger partial charge in [-0.1, -0.05) is 50.3 Å². The van der Waals surface area contributed by atoms with E-state index in [1.165, 1.54) is 20.3 Å². The third-order valence-electron chi connectivity index (χ3n) is 4.16. The Labute approximate surface area is 182 Å². The Morgan fingerprint density at radius 1 is 0.968 bits per heavy atom. The summed E-state index contributed by atoms with van der Waals surface area (Å²) in [6, 6.07) is 7.18. The van der Waals surface area contributed by atoms with Gasteiger partial charge < -0.3 is 24.8 Å². The smallest absolute Gasteiger partial charge is 0.408 e. The molecule has 0 aromatic heterocycles. The molecular weight excluding hydrogens is 404 g/mol. The third kappa shape index (κ3) is 10.3. The Morgan fingerprint density at radius 2 is 1.65 bits per heavy atom. The first-order valence-corrected chi connectivity index (χ1v) is 9.86. The number of hydrogen-bond donors (Lipinski definition) is 2. The van der Waals surface area contributed by atoms with Gasteiger partial charge in [0.1, 0.15) is 18.7 Å². The highest BCUT2D eigenvalue weighted by atomic mass is 16.5. The number of amides is 2. The molecule has 0 aliphatic carbocycles. The van der Waals surface area contributed by atoms with Crippen LogP contribution in [0, 0.1) is 5.92 Å². The van der Waals surface area contributed by atoms with E-state index in [9.17, 15) is 19.2 Å². The number of alkyl carbamates (subject to hydrolysis) is 1. The summed E-state index contributed by atoms with van der Waals surface area (Å²) in [4.78, 5) is 48.2. The minimum Gasteiger partial charge on any atom is -0.467 e. The highest BCUT2D eigenvalue weighted by Gasteiger charge is 2.27. The van der Waals surface area contributed by atoms with Crippen molar-refractivity contribution in [1.29, 1.82) is 0 Å². The van der Waals surface area contributed by atoms with E-state index in [2.05, 4.69) is 15.4 Å². The molecule has 2 N–H and O–H groups in total. The molecule has 0 unspecified atom stereocenters. The fourth-order valence-electron chi connectivity index (χ4n) is 2.61. The third-order valence-corrected chi connectivity index (χ3v) is 4.16. The Morgan fingerprint density at radius 3 is 2.23 bits per heavy atom. The Kier molecular flexibility index (Phi) is 11.4. The van der Waals surface area contributed by atoms with Gasteiger partial charge in [0.2, 0.25) is 5.91 Å². The molecule has 0 radical (unpaired) electrons. The first kappa shape index (κ1) is 25.7. The Balaban J connectivity index is 2.76. The largest absolute Gasteiger partial charge is 0.467 e. The maximum atomic E-state index is 12.8. The van der Waals surface area contributed by atoms with Crippen LogP contribution in [0.25, 0.3) is 0 Å². The molecule has 2 amide bonds. The van der Waals surface area contributed by atoms with Crippen LogP contribution in [0.4, 0.5) is 4.79 Å². The lowest BCUT2D eigenvalue weighted by Gasteiger charge is -2.22. The van der Waals surface area contributed by atoms with E-state index in [4.69, 9.17) is 9.47 Å². The number of rotatable bonds is 11. The van der Waals surface area contributed by atoms with Gasteiger partial charge in [0.05, 0.1) is 14.2 Å². The molecule has 2 atom stereocenters. The molecule has 1 rings (SSSR count). The number of benzene rings is 1. The van der Waals surface area contributed by atoms with Crippen molar-refractivity contribution in [3.05, 3.63) is 48.0 Å². The van der Waals surface area contributed by atoms with Crippen molar-refractivity contribution in [3.8, 4) is 0 Å². The van der Waals surface area contributed by atoms with Crippen molar-refractivity contribution in [2.75, 3.05) is 14.2 Å². The second kappa shape index (κ2) is 13.8. The zero-order chi connectivity index (χ0) is 23.2. The molecule has 1 aromatic carbocycles. The van der Waals surface area contributed by atoms with Crippen LogP contribution < -0.4 is 10.6 Å². The van der Waals surface area contributed by atoms with E-state index in [0.29, 0.717) is 6.42 Å². The van der Waals surface area contributed by atoms with E-state index >= 15 is 0 Å². The highest BCUT2D eigenvalue weighted by Crippen LogP contribution is 2.08. The average molecular weight is 434 g/mol. The lowest BCUT2D eigenvalue weighted by molar-refractivity contribution is -0.145. The predicted octanol–water partition coefficient (Wildman–Crippen LogP) is 2.10. The topological polar surface area (TPSA) is 120 Å². The van der Waals surface area contributed by atoms with Crippen molar-refractivity contribution in [2.24, 2.45) is 5.92 Å². The summed E-state index contributed by atoms with van der Waals surface area (Å²) < 4.78 is 14.4. The van der Waals surface area contributed by atoms with Gasteiger partial charge in [-0.05, 0) is 24.3 Å². The SMILES string of the molecule is COC(=O)/C=C/C[C@@H](NC(=O)[C@H](CC(C)C)NC(=O)OCc1ccccc1)C(=O)OC. The summed E-state index contributed by atoms with van der Waals surface area (Å²) in [6.45, 7) is 3.86. The van der Waals surface area contributed by atoms with Gasteiger partial charge in [-0.25, -0.2) is 14.4 Å². The second-order valence-corrected chi connectivity index (χ2v) is 7.13. The van der Waals surface area contributed by atoms with Gasteiger partial charge in [0.25, 0.3) is 0 Å². The van der Waals surface area contributed by atoms with E-state index < -0.39 is 36.0 Å². The van der Waals surface area contributed by atoms with Crippen LogP contribution >= 0.6 is 0 Å². The van der Waals surface area contributed by atoms with Crippen LogP contribution in [-0.4, -0.2) is 50.2 Å². The zero-order valence-corrected chi connectivity index (χ0v) is 18.3. The van der Waals surface area contributed by atoms with E-state index in [1.54, 1.807) is 0 Å².